The number of pyridine rings is 1. The van der Waals surface area contributed by atoms with Gasteiger partial charge in [0.25, 0.3) is 0 Å². The molecule has 5 nitrogen and oxygen atoms in total. The Hall–Kier alpha value is -2.89. The van der Waals surface area contributed by atoms with Gasteiger partial charge in [-0.25, -0.2) is 9.18 Å². The van der Waals surface area contributed by atoms with Crippen LogP contribution in [-0.4, -0.2) is 21.5 Å². The second kappa shape index (κ2) is 5.96. The van der Waals surface area contributed by atoms with Crippen LogP contribution < -0.4 is 5.32 Å². The molecule has 0 aliphatic carbocycles. The summed E-state index contributed by atoms with van der Waals surface area (Å²) in [6.07, 6.45) is 3.22. The molecule has 0 atom stereocenters. The molecule has 3 rings (SSSR count). The van der Waals surface area contributed by atoms with Crippen LogP contribution in [0.15, 0.2) is 42.7 Å². The van der Waals surface area contributed by atoms with E-state index in [1.165, 1.54) is 6.07 Å². The summed E-state index contributed by atoms with van der Waals surface area (Å²) >= 11 is 0. The molecule has 0 unspecified atom stereocenters. The number of carbonyl (C=O) groups excluding carboxylic acids is 1. The van der Waals surface area contributed by atoms with Crippen molar-refractivity contribution in [2.24, 2.45) is 0 Å². The minimum Gasteiger partial charge on any atom is -0.455 e. The summed E-state index contributed by atoms with van der Waals surface area (Å²) in [5, 5.41) is 3.41. The summed E-state index contributed by atoms with van der Waals surface area (Å²) in [5.74, 6) is -0.968. The number of anilines is 2. The maximum Gasteiger partial charge on any atom is 0.357 e. The fourth-order valence-corrected chi connectivity index (χ4v) is 2.39. The van der Waals surface area contributed by atoms with E-state index in [1.807, 2.05) is 0 Å². The summed E-state index contributed by atoms with van der Waals surface area (Å²) < 4.78 is 19.8. The fraction of sp³-hybridized carbons (Fsp3) is 0.222. The molecule has 0 saturated carbocycles. The Morgan fingerprint density at radius 2 is 1.92 bits per heavy atom. The van der Waals surface area contributed by atoms with Gasteiger partial charge in [0.1, 0.15) is 17.1 Å². The number of nitrogens with one attached hydrogen (secondary N) is 2. The van der Waals surface area contributed by atoms with Crippen LogP contribution in [0, 0.1) is 5.82 Å². The molecule has 0 radical (unpaired) electrons. The monoisotopic (exact) mass is 327 g/mol. The highest BCUT2D eigenvalue weighted by molar-refractivity contribution is 6.07. The fourth-order valence-electron chi connectivity index (χ4n) is 2.39. The van der Waals surface area contributed by atoms with Crippen molar-refractivity contribution in [3.05, 3.63) is 54.2 Å². The van der Waals surface area contributed by atoms with Gasteiger partial charge < -0.3 is 15.0 Å². The highest BCUT2D eigenvalue weighted by atomic mass is 19.1. The van der Waals surface area contributed by atoms with Gasteiger partial charge in [-0.2, -0.15) is 0 Å². The second-order valence-corrected chi connectivity index (χ2v) is 6.40. The minimum atomic E-state index is -0.652. The van der Waals surface area contributed by atoms with Gasteiger partial charge in [-0.15, -0.1) is 0 Å². The molecule has 3 aromatic rings. The van der Waals surface area contributed by atoms with E-state index >= 15 is 0 Å². The number of halogens is 1. The first-order valence-corrected chi connectivity index (χ1v) is 7.56. The molecule has 0 amide bonds. The topological polar surface area (TPSA) is 67.0 Å². The molecular weight excluding hydrogens is 309 g/mol. The summed E-state index contributed by atoms with van der Waals surface area (Å²) in [4.78, 5) is 19.4. The van der Waals surface area contributed by atoms with E-state index in [2.05, 4.69) is 15.3 Å². The Morgan fingerprint density at radius 1 is 1.21 bits per heavy atom. The zero-order valence-corrected chi connectivity index (χ0v) is 13.7. The summed E-state index contributed by atoms with van der Waals surface area (Å²) in [6.45, 7) is 5.35. The van der Waals surface area contributed by atoms with Crippen LogP contribution in [-0.2, 0) is 4.74 Å². The van der Waals surface area contributed by atoms with Gasteiger partial charge in [0.15, 0.2) is 0 Å². The van der Waals surface area contributed by atoms with Crippen molar-refractivity contribution in [1.29, 1.82) is 0 Å². The lowest BCUT2D eigenvalue weighted by atomic mass is 10.2. The zero-order valence-electron chi connectivity index (χ0n) is 13.7. The average Bonchev–Trinajstić information content (AvgIpc) is 2.87. The molecule has 0 fully saturated rings. The smallest absolute Gasteiger partial charge is 0.357 e. The zero-order chi connectivity index (χ0) is 17.3. The van der Waals surface area contributed by atoms with Crippen LogP contribution in [0.1, 0.15) is 31.3 Å². The van der Waals surface area contributed by atoms with Crippen molar-refractivity contribution in [3.8, 4) is 0 Å². The first kappa shape index (κ1) is 16.0. The van der Waals surface area contributed by atoms with Gasteiger partial charge in [0.2, 0.25) is 0 Å². The van der Waals surface area contributed by atoms with Crippen molar-refractivity contribution in [3.63, 3.8) is 0 Å². The Kier molecular flexibility index (Phi) is 3.97. The lowest BCUT2D eigenvalue weighted by Gasteiger charge is -2.19. The van der Waals surface area contributed by atoms with E-state index < -0.39 is 17.4 Å². The molecule has 6 heteroatoms. The van der Waals surface area contributed by atoms with Crippen LogP contribution in [0.2, 0.25) is 0 Å². The van der Waals surface area contributed by atoms with E-state index in [4.69, 9.17) is 4.74 Å². The molecule has 24 heavy (non-hydrogen) atoms. The van der Waals surface area contributed by atoms with Crippen LogP contribution in [0.25, 0.3) is 10.9 Å². The van der Waals surface area contributed by atoms with Crippen molar-refractivity contribution >= 4 is 28.2 Å². The number of hydrogen-bond donors (Lipinski definition) is 2. The number of esters is 1. The van der Waals surface area contributed by atoms with Gasteiger partial charge in [0.05, 0.1) is 16.6 Å². The largest absolute Gasteiger partial charge is 0.455 e. The molecule has 124 valence electrons. The molecule has 2 aromatic heterocycles. The van der Waals surface area contributed by atoms with E-state index in [9.17, 15) is 9.18 Å². The highest BCUT2D eigenvalue weighted by Crippen LogP contribution is 2.33. The molecule has 0 spiro atoms. The van der Waals surface area contributed by atoms with Crippen molar-refractivity contribution in [2.45, 2.75) is 26.4 Å². The van der Waals surface area contributed by atoms with Crippen molar-refractivity contribution < 1.29 is 13.9 Å². The van der Waals surface area contributed by atoms with E-state index in [0.717, 1.165) is 0 Å². The summed E-state index contributed by atoms with van der Waals surface area (Å²) in [7, 11) is 0. The number of benzene rings is 1. The lowest BCUT2D eigenvalue weighted by Crippen LogP contribution is -2.24. The lowest BCUT2D eigenvalue weighted by molar-refractivity contribution is 0.00651. The Balaban J connectivity index is 2.12. The Bertz CT molecular complexity index is 882. The third-order valence-electron chi connectivity index (χ3n) is 3.33. The number of rotatable bonds is 3. The number of hydrogen-bond acceptors (Lipinski definition) is 4. The van der Waals surface area contributed by atoms with Gasteiger partial charge in [-0.1, -0.05) is 6.07 Å². The third kappa shape index (κ3) is 3.22. The molecule has 2 N–H and O–H groups in total. The standard InChI is InChI=1S/C18H18FN3O2/c1-18(2,3)24-17(23)16-15(21-11-7-9-20-10-8-11)14-12(19)5-4-6-13(14)22-16/h4-10,22H,1-3H3,(H,20,21). The van der Waals surface area contributed by atoms with Gasteiger partial charge in [-0.05, 0) is 45.0 Å². The normalized spacial score (nSPS) is 11.5. The molecule has 0 aliphatic rings. The van der Waals surface area contributed by atoms with Crippen molar-refractivity contribution in [2.75, 3.05) is 5.32 Å². The number of fused-ring (bicyclic) bond motifs is 1. The molecule has 0 bridgehead atoms. The number of nitrogens with zero attached hydrogens (tertiary/aromatic N) is 1. The summed E-state index contributed by atoms with van der Waals surface area (Å²) in [6, 6.07) is 8.12. The number of H-pyrrole nitrogens is 1. The van der Waals surface area contributed by atoms with E-state index in [1.54, 1.807) is 57.4 Å². The highest BCUT2D eigenvalue weighted by Gasteiger charge is 2.25. The first-order chi connectivity index (χ1) is 11.3. The Labute approximate surface area is 138 Å². The molecule has 2 heterocycles. The van der Waals surface area contributed by atoms with Gasteiger partial charge in [0, 0.05) is 18.1 Å². The molecule has 0 aliphatic heterocycles. The first-order valence-electron chi connectivity index (χ1n) is 7.56. The molecule has 0 saturated heterocycles. The minimum absolute atomic E-state index is 0.182. The van der Waals surface area contributed by atoms with Crippen LogP contribution in [0.3, 0.4) is 0 Å². The average molecular weight is 327 g/mol. The molecular formula is C18H18FN3O2. The predicted octanol–water partition coefficient (Wildman–Crippen LogP) is 4.40. The number of carbonyl (C=O) groups is 1. The van der Waals surface area contributed by atoms with Crippen molar-refractivity contribution in [1.82, 2.24) is 9.97 Å². The van der Waals surface area contributed by atoms with Gasteiger partial charge >= 0.3 is 5.97 Å². The van der Waals surface area contributed by atoms with Gasteiger partial charge in [-0.3, -0.25) is 4.98 Å². The quantitative estimate of drug-likeness (QED) is 0.700. The number of ether oxygens (including phenoxy) is 1. The maximum atomic E-state index is 14.3. The SMILES string of the molecule is CC(C)(C)OC(=O)c1[nH]c2cccc(F)c2c1Nc1ccncc1. The van der Waals surface area contributed by atoms with Crippen LogP contribution in [0.4, 0.5) is 15.8 Å². The maximum absolute atomic E-state index is 14.3. The molecule has 1 aromatic carbocycles. The van der Waals surface area contributed by atoms with E-state index in [-0.39, 0.29) is 5.69 Å². The second-order valence-electron chi connectivity index (χ2n) is 6.40. The number of aromatic nitrogens is 2. The Morgan fingerprint density at radius 3 is 2.58 bits per heavy atom. The van der Waals surface area contributed by atoms with E-state index in [0.29, 0.717) is 22.3 Å². The third-order valence-corrected chi connectivity index (χ3v) is 3.33. The van der Waals surface area contributed by atoms with Crippen LogP contribution in [0.5, 0.6) is 0 Å². The summed E-state index contributed by atoms with van der Waals surface area (Å²) in [5.41, 5.74) is 1.10. The predicted molar refractivity (Wildman–Crippen MR) is 90.9 cm³/mol. The van der Waals surface area contributed by atoms with Crippen LogP contribution >= 0.6 is 0 Å². The number of aromatic amines is 1.